The number of sulfone groups is 1. The zero-order chi connectivity index (χ0) is 26.4. The first kappa shape index (κ1) is 24.9. The molecule has 4 aromatic rings. The Morgan fingerprint density at radius 3 is 2.35 bits per heavy atom. The lowest BCUT2D eigenvalue weighted by Crippen LogP contribution is -2.34. The Hall–Kier alpha value is -3.81. The van der Waals surface area contributed by atoms with Crippen molar-refractivity contribution in [3.05, 3.63) is 59.9 Å². The van der Waals surface area contributed by atoms with E-state index in [2.05, 4.69) is 30.5 Å². The molecule has 5 rings (SSSR count). The van der Waals surface area contributed by atoms with Crippen LogP contribution in [0.3, 0.4) is 0 Å². The van der Waals surface area contributed by atoms with Gasteiger partial charge in [-0.25, -0.2) is 23.4 Å². The van der Waals surface area contributed by atoms with Crippen molar-refractivity contribution in [3.8, 4) is 0 Å². The fourth-order valence-electron chi connectivity index (χ4n) is 4.30. The summed E-state index contributed by atoms with van der Waals surface area (Å²) in [6.07, 6.45) is 1.54. The number of nitrogens with one attached hydrogen (secondary N) is 1. The normalized spacial score (nSPS) is 15.3. The highest BCUT2D eigenvalue weighted by Gasteiger charge is 2.32. The highest BCUT2D eigenvalue weighted by molar-refractivity contribution is 7.90. The molecular weight excluding hydrogens is 509 g/mol. The van der Waals surface area contributed by atoms with Crippen LogP contribution in [0, 0.1) is 6.92 Å². The molecule has 1 aliphatic heterocycles. The second-order valence-corrected chi connectivity index (χ2v) is 10.8. The maximum absolute atomic E-state index is 12.8. The van der Waals surface area contributed by atoms with E-state index in [-0.39, 0.29) is 16.9 Å². The Bertz CT molecular complexity index is 1550. The second kappa shape index (κ2) is 9.25. The fraction of sp³-hybridized carbons (Fsp3) is 0.348. The minimum absolute atomic E-state index is 0.00607. The van der Waals surface area contributed by atoms with Gasteiger partial charge in [-0.15, -0.1) is 10.2 Å². The highest BCUT2D eigenvalue weighted by Crippen LogP contribution is 2.32. The average molecular weight is 533 g/mol. The zero-order valence-electron chi connectivity index (χ0n) is 19.9. The topological polar surface area (TPSA) is 118 Å². The number of pyridine rings is 2. The van der Waals surface area contributed by atoms with Crippen LogP contribution < -0.4 is 10.2 Å². The van der Waals surface area contributed by atoms with Crippen molar-refractivity contribution in [2.45, 2.75) is 36.9 Å². The van der Waals surface area contributed by atoms with Gasteiger partial charge in [-0.05, 0) is 44.0 Å². The fourth-order valence-corrected chi connectivity index (χ4v) is 4.92. The van der Waals surface area contributed by atoms with E-state index in [1.807, 2.05) is 27.6 Å². The number of anilines is 3. The summed E-state index contributed by atoms with van der Waals surface area (Å²) in [5, 5.41) is 12.1. The number of rotatable bonds is 5. The molecule has 0 spiro atoms. The van der Waals surface area contributed by atoms with Gasteiger partial charge in [0, 0.05) is 43.9 Å². The number of alkyl halides is 3. The molecule has 194 valence electrons. The van der Waals surface area contributed by atoms with E-state index in [0.29, 0.717) is 48.6 Å². The molecule has 37 heavy (non-hydrogen) atoms. The summed E-state index contributed by atoms with van der Waals surface area (Å²) < 4.78 is 63.8. The van der Waals surface area contributed by atoms with Crippen molar-refractivity contribution in [1.82, 2.24) is 29.5 Å². The first-order valence-electron chi connectivity index (χ1n) is 11.4. The summed E-state index contributed by atoms with van der Waals surface area (Å²) in [6, 6.07) is 6.83. The molecule has 0 saturated carbocycles. The van der Waals surface area contributed by atoms with Crippen LogP contribution in [0.25, 0.3) is 5.65 Å². The molecule has 0 aliphatic carbocycles. The molecule has 10 nitrogen and oxygen atoms in total. The summed E-state index contributed by atoms with van der Waals surface area (Å²) in [5.74, 6) is 1.15. The predicted molar refractivity (Wildman–Crippen MR) is 130 cm³/mol. The molecule has 0 atom stereocenters. The summed E-state index contributed by atoms with van der Waals surface area (Å²) >= 11 is 0. The number of piperidine rings is 1. The van der Waals surface area contributed by atoms with Gasteiger partial charge in [-0.1, -0.05) is 0 Å². The van der Waals surface area contributed by atoms with Crippen LogP contribution in [0.2, 0.25) is 0 Å². The third kappa shape index (κ3) is 5.05. The minimum Gasteiger partial charge on any atom is -0.351 e. The van der Waals surface area contributed by atoms with E-state index in [1.54, 1.807) is 13.0 Å². The molecule has 1 fully saturated rings. The monoisotopic (exact) mass is 532 g/mol. The van der Waals surface area contributed by atoms with Gasteiger partial charge in [0.2, 0.25) is 5.95 Å². The van der Waals surface area contributed by atoms with Crippen LogP contribution in [-0.2, 0) is 16.0 Å². The molecule has 0 amide bonds. The Morgan fingerprint density at radius 1 is 1.03 bits per heavy atom. The molecule has 0 bridgehead atoms. The zero-order valence-corrected chi connectivity index (χ0v) is 20.8. The molecule has 0 unspecified atom stereocenters. The Labute approximate surface area is 210 Å². The van der Waals surface area contributed by atoms with Gasteiger partial charge in [0.1, 0.15) is 5.82 Å². The first-order valence-corrected chi connectivity index (χ1v) is 13.3. The van der Waals surface area contributed by atoms with E-state index in [9.17, 15) is 21.6 Å². The van der Waals surface area contributed by atoms with Gasteiger partial charge in [-0.2, -0.15) is 13.2 Å². The van der Waals surface area contributed by atoms with Gasteiger partial charge in [0.25, 0.3) is 0 Å². The smallest absolute Gasteiger partial charge is 0.351 e. The quantitative estimate of drug-likeness (QED) is 0.410. The van der Waals surface area contributed by atoms with Crippen molar-refractivity contribution in [2.75, 3.05) is 29.6 Å². The largest absolute Gasteiger partial charge is 0.419 e. The Kier molecular flexibility index (Phi) is 6.22. The maximum Gasteiger partial charge on any atom is 0.419 e. The third-order valence-corrected chi connectivity index (χ3v) is 7.27. The van der Waals surface area contributed by atoms with Crippen molar-refractivity contribution < 1.29 is 21.6 Å². The van der Waals surface area contributed by atoms with Gasteiger partial charge in [0.05, 0.1) is 22.6 Å². The molecule has 5 heterocycles. The van der Waals surface area contributed by atoms with Gasteiger partial charge in [-0.3, -0.25) is 4.40 Å². The van der Waals surface area contributed by atoms with Gasteiger partial charge >= 0.3 is 6.18 Å². The van der Waals surface area contributed by atoms with E-state index in [0.717, 1.165) is 24.5 Å². The average Bonchev–Trinajstić information content (AvgIpc) is 3.29. The van der Waals surface area contributed by atoms with Crippen molar-refractivity contribution in [2.24, 2.45) is 0 Å². The number of hydrogen-bond donors (Lipinski definition) is 1. The number of hydrogen-bond acceptors (Lipinski definition) is 9. The summed E-state index contributed by atoms with van der Waals surface area (Å²) in [4.78, 5) is 13.8. The third-order valence-electron chi connectivity index (χ3n) is 6.28. The van der Waals surface area contributed by atoms with Crippen LogP contribution in [-0.4, -0.2) is 57.3 Å². The Balaban J connectivity index is 1.32. The predicted octanol–water partition coefficient (Wildman–Crippen LogP) is 3.77. The van der Waals surface area contributed by atoms with E-state index in [1.165, 1.54) is 6.07 Å². The molecular formula is C23H23F3N8O2S. The highest BCUT2D eigenvalue weighted by atomic mass is 32.2. The Morgan fingerprint density at radius 2 is 1.73 bits per heavy atom. The minimum atomic E-state index is -4.47. The number of nitrogens with zero attached hydrogens (tertiary/aromatic N) is 7. The van der Waals surface area contributed by atoms with Gasteiger partial charge in [0.15, 0.2) is 20.5 Å². The molecule has 14 heteroatoms. The first-order chi connectivity index (χ1) is 17.5. The van der Waals surface area contributed by atoms with Crippen LogP contribution >= 0.6 is 0 Å². The lowest BCUT2D eigenvalue weighted by Gasteiger charge is -2.31. The lowest BCUT2D eigenvalue weighted by atomic mass is 9.96. The van der Waals surface area contributed by atoms with Crippen molar-refractivity contribution in [1.29, 1.82) is 0 Å². The molecule has 4 aromatic heterocycles. The second-order valence-electron chi connectivity index (χ2n) is 8.88. The SMILES string of the molecule is Cc1nc(S(C)(=O)=O)ccc1Nc1cccn2c(C3CCN(c4ncc(C(F)(F)F)cn4)CC3)nnc12. The lowest BCUT2D eigenvalue weighted by molar-refractivity contribution is -0.138. The number of aryl methyl sites for hydroxylation is 1. The van der Waals surface area contributed by atoms with Crippen LogP contribution in [0.4, 0.5) is 30.5 Å². The maximum atomic E-state index is 12.8. The number of aromatic nitrogens is 6. The molecule has 0 radical (unpaired) electrons. The van der Waals surface area contributed by atoms with E-state index >= 15 is 0 Å². The van der Waals surface area contributed by atoms with Crippen LogP contribution in [0.1, 0.15) is 35.8 Å². The molecule has 0 aromatic carbocycles. The van der Waals surface area contributed by atoms with Gasteiger partial charge < -0.3 is 10.2 Å². The van der Waals surface area contributed by atoms with E-state index < -0.39 is 21.6 Å². The van der Waals surface area contributed by atoms with E-state index in [4.69, 9.17) is 0 Å². The van der Waals surface area contributed by atoms with Crippen molar-refractivity contribution in [3.63, 3.8) is 0 Å². The van der Waals surface area contributed by atoms with Crippen molar-refractivity contribution >= 4 is 32.8 Å². The standard InChI is InChI=1S/C23H23F3N8O2S/c1-14-17(5-6-19(29-14)37(2,35)36)30-18-4-3-9-34-20(31-32-21(18)34)15-7-10-33(11-8-15)22-27-12-16(13-28-22)23(24,25)26/h3-6,9,12-13,15,30H,7-8,10-11H2,1-2H3. The molecule has 1 aliphatic rings. The summed E-state index contributed by atoms with van der Waals surface area (Å²) in [7, 11) is -3.41. The number of fused-ring (bicyclic) bond motifs is 1. The summed E-state index contributed by atoms with van der Waals surface area (Å²) in [6.45, 7) is 2.86. The van der Waals surface area contributed by atoms with Crippen LogP contribution in [0.15, 0.2) is 47.9 Å². The van der Waals surface area contributed by atoms with Crippen LogP contribution in [0.5, 0.6) is 0 Å². The molecule has 1 N–H and O–H groups in total. The summed E-state index contributed by atoms with van der Waals surface area (Å²) in [5.41, 5.74) is 1.60. The number of halogens is 3. The molecule has 1 saturated heterocycles.